The fourth-order valence-corrected chi connectivity index (χ4v) is 1.51. The Morgan fingerprint density at radius 3 is 2.73 bits per heavy atom. The molecule has 1 aromatic rings. The van der Waals surface area contributed by atoms with Gasteiger partial charge >= 0.3 is 0 Å². The van der Waals surface area contributed by atoms with E-state index in [4.69, 9.17) is 10.9 Å². The van der Waals surface area contributed by atoms with Gasteiger partial charge in [-0.3, -0.25) is 5.32 Å². The van der Waals surface area contributed by atoms with E-state index in [2.05, 4.69) is 23.3 Å². The molecule has 0 spiro atoms. The van der Waals surface area contributed by atoms with Gasteiger partial charge in [0.15, 0.2) is 0 Å². The van der Waals surface area contributed by atoms with Gasteiger partial charge in [0.1, 0.15) is 5.76 Å². The van der Waals surface area contributed by atoms with Crippen LogP contribution in [0.25, 0.3) is 0 Å². The molecule has 15 heavy (non-hydrogen) atoms. The molecule has 1 aromatic heterocycles. The van der Waals surface area contributed by atoms with Crippen LogP contribution >= 0.6 is 0 Å². The number of hydrogen-bond acceptors (Lipinski definition) is 3. The summed E-state index contributed by atoms with van der Waals surface area (Å²) in [4.78, 5) is 0. The summed E-state index contributed by atoms with van der Waals surface area (Å²) < 4.78 is 5.08. The van der Waals surface area contributed by atoms with E-state index in [0.29, 0.717) is 0 Å². The van der Waals surface area contributed by atoms with Crippen LogP contribution in [-0.4, -0.2) is 11.2 Å². The molecule has 0 bridgehead atoms. The Morgan fingerprint density at radius 2 is 2.27 bits per heavy atom. The fourth-order valence-electron chi connectivity index (χ4n) is 1.51. The molecular weight excluding hydrogens is 188 g/mol. The molecule has 3 nitrogen and oxygen atoms in total. The average molecular weight is 206 g/mol. The van der Waals surface area contributed by atoms with Crippen LogP contribution in [0.4, 0.5) is 0 Å². The summed E-state index contributed by atoms with van der Waals surface area (Å²) in [6.45, 7) is 6.72. The molecule has 1 atom stereocenters. The molecule has 3 heteroatoms. The van der Waals surface area contributed by atoms with Gasteiger partial charge in [-0.15, -0.1) is 6.42 Å². The molecule has 0 amide bonds. The van der Waals surface area contributed by atoms with Crippen molar-refractivity contribution in [1.82, 2.24) is 10.5 Å². The monoisotopic (exact) mass is 206 g/mol. The van der Waals surface area contributed by atoms with E-state index in [-0.39, 0.29) is 6.04 Å². The largest absolute Gasteiger partial charge is 0.361 e. The summed E-state index contributed by atoms with van der Waals surface area (Å²) in [5.41, 5.74) is 2.05. The average Bonchev–Trinajstić information content (AvgIpc) is 2.54. The van der Waals surface area contributed by atoms with Crippen molar-refractivity contribution in [2.24, 2.45) is 0 Å². The van der Waals surface area contributed by atoms with Crippen molar-refractivity contribution in [3.63, 3.8) is 0 Å². The van der Waals surface area contributed by atoms with E-state index < -0.39 is 0 Å². The lowest BCUT2D eigenvalue weighted by Crippen LogP contribution is -2.27. The van der Waals surface area contributed by atoms with Gasteiger partial charge < -0.3 is 4.52 Å². The predicted molar refractivity (Wildman–Crippen MR) is 60.3 cm³/mol. The van der Waals surface area contributed by atoms with Crippen LogP contribution in [0.15, 0.2) is 4.52 Å². The Labute approximate surface area is 91.2 Å². The van der Waals surface area contributed by atoms with Crippen molar-refractivity contribution in [3.8, 4) is 12.3 Å². The maximum absolute atomic E-state index is 5.42. The van der Waals surface area contributed by atoms with E-state index >= 15 is 0 Å². The van der Waals surface area contributed by atoms with Crippen molar-refractivity contribution < 1.29 is 4.52 Å². The third kappa shape index (κ3) is 3.10. The van der Waals surface area contributed by atoms with Crippen LogP contribution in [0.1, 0.15) is 36.8 Å². The third-order valence-electron chi connectivity index (χ3n) is 2.48. The minimum Gasteiger partial charge on any atom is -0.361 e. The molecular formula is C12H18N2O. The smallest absolute Gasteiger partial charge is 0.138 e. The highest BCUT2D eigenvalue weighted by atomic mass is 16.5. The van der Waals surface area contributed by atoms with Crippen molar-refractivity contribution >= 4 is 0 Å². The normalized spacial score (nSPS) is 12.4. The second-order valence-corrected chi connectivity index (χ2v) is 3.69. The summed E-state index contributed by atoms with van der Waals surface area (Å²) in [5, 5.41) is 7.22. The Hall–Kier alpha value is -1.27. The SMILES string of the molecule is C#CC(CCC)NCc1c(C)noc1C. The summed E-state index contributed by atoms with van der Waals surface area (Å²) in [5.74, 6) is 3.61. The van der Waals surface area contributed by atoms with E-state index in [1.807, 2.05) is 13.8 Å². The molecule has 1 rings (SSSR count). The Bertz CT molecular complexity index is 329. The number of terminal acetylenes is 1. The summed E-state index contributed by atoms with van der Waals surface area (Å²) in [6.07, 6.45) is 7.51. The molecule has 0 aromatic carbocycles. The van der Waals surface area contributed by atoms with Gasteiger partial charge in [0.05, 0.1) is 11.7 Å². The number of rotatable bonds is 5. The summed E-state index contributed by atoms with van der Waals surface area (Å²) >= 11 is 0. The van der Waals surface area contributed by atoms with Crippen LogP contribution in [0.5, 0.6) is 0 Å². The Morgan fingerprint density at radius 1 is 1.53 bits per heavy atom. The highest BCUT2D eigenvalue weighted by Gasteiger charge is 2.10. The van der Waals surface area contributed by atoms with Gasteiger partial charge in [-0.1, -0.05) is 24.4 Å². The minimum atomic E-state index is 0.142. The fraction of sp³-hybridized carbons (Fsp3) is 0.583. The van der Waals surface area contributed by atoms with Crippen LogP contribution < -0.4 is 5.32 Å². The Balaban J connectivity index is 2.53. The van der Waals surface area contributed by atoms with Gasteiger partial charge in [0, 0.05) is 12.1 Å². The topological polar surface area (TPSA) is 38.1 Å². The van der Waals surface area contributed by atoms with Gasteiger partial charge in [-0.25, -0.2) is 0 Å². The minimum absolute atomic E-state index is 0.142. The maximum Gasteiger partial charge on any atom is 0.138 e. The van der Waals surface area contributed by atoms with Crippen LogP contribution in [0.2, 0.25) is 0 Å². The van der Waals surface area contributed by atoms with E-state index in [0.717, 1.165) is 36.4 Å². The molecule has 0 aliphatic heterocycles. The van der Waals surface area contributed by atoms with Crippen molar-refractivity contribution in [2.75, 3.05) is 0 Å². The Kier molecular flexibility index (Phi) is 4.38. The molecule has 1 N–H and O–H groups in total. The van der Waals surface area contributed by atoms with Gasteiger partial charge in [0.25, 0.3) is 0 Å². The van der Waals surface area contributed by atoms with E-state index in [9.17, 15) is 0 Å². The third-order valence-corrected chi connectivity index (χ3v) is 2.48. The lowest BCUT2D eigenvalue weighted by atomic mass is 10.1. The molecule has 0 aliphatic carbocycles. The first kappa shape index (κ1) is 11.8. The number of hydrogen-bond donors (Lipinski definition) is 1. The quantitative estimate of drug-likeness (QED) is 0.750. The molecule has 0 saturated carbocycles. The molecule has 0 fully saturated rings. The zero-order chi connectivity index (χ0) is 11.3. The molecule has 1 heterocycles. The summed E-state index contributed by atoms with van der Waals surface area (Å²) in [6, 6.07) is 0.142. The van der Waals surface area contributed by atoms with Crippen molar-refractivity contribution in [3.05, 3.63) is 17.0 Å². The number of nitrogens with one attached hydrogen (secondary N) is 1. The lowest BCUT2D eigenvalue weighted by Gasteiger charge is -2.11. The highest BCUT2D eigenvalue weighted by molar-refractivity contribution is 5.20. The molecule has 82 valence electrons. The predicted octanol–water partition coefficient (Wildman–Crippen LogP) is 2.18. The van der Waals surface area contributed by atoms with E-state index in [1.165, 1.54) is 0 Å². The van der Waals surface area contributed by atoms with E-state index in [1.54, 1.807) is 0 Å². The molecule has 0 saturated heterocycles. The van der Waals surface area contributed by atoms with Crippen LogP contribution in [0, 0.1) is 26.2 Å². The van der Waals surface area contributed by atoms with Crippen LogP contribution in [0.3, 0.4) is 0 Å². The second-order valence-electron chi connectivity index (χ2n) is 3.69. The molecule has 0 aliphatic rings. The van der Waals surface area contributed by atoms with Gasteiger partial charge in [0.2, 0.25) is 0 Å². The first-order chi connectivity index (χ1) is 7.19. The molecule has 1 unspecified atom stereocenters. The van der Waals surface area contributed by atoms with Crippen LogP contribution in [-0.2, 0) is 6.54 Å². The maximum atomic E-state index is 5.42. The molecule has 0 radical (unpaired) electrons. The van der Waals surface area contributed by atoms with Crippen molar-refractivity contribution in [2.45, 2.75) is 46.2 Å². The first-order valence-corrected chi connectivity index (χ1v) is 5.30. The number of aromatic nitrogens is 1. The standard InChI is InChI=1S/C12H18N2O/c1-5-7-11(6-2)13-8-12-9(3)14-15-10(12)4/h2,11,13H,5,7-8H2,1,3-4H3. The highest BCUT2D eigenvalue weighted by Crippen LogP contribution is 2.12. The van der Waals surface area contributed by atoms with Gasteiger partial charge in [-0.2, -0.15) is 0 Å². The van der Waals surface area contributed by atoms with Crippen molar-refractivity contribution in [1.29, 1.82) is 0 Å². The number of nitrogens with zero attached hydrogens (tertiary/aromatic N) is 1. The van der Waals surface area contributed by atoms with Gasteiger partial charge in [-0.05, 0) is 20.3 Å². The second kappa shape index (κ2) is 5.57. The first-order valence-electron chi connectivity index (χ1n) is 5.30. The summed E-state index contributed by atoms with van der Waals surface area (Å²) in [7, 11) is 0. The number of aryl methyl sites for hydroxylation is 2. The zero-order valence-corrected chi connectivity index (χ0v) is 9.63. The zero-order valence-electron chi connectivity index (χ0n) is 9.63. The lowest BCUT2D eigenvalue weighted by molar-refractivity contribution is 0.391.